The molecule has 2 aliphatic rings. The predicted octanol–water partition coefficient (Wildman–Crippen LogP) is 15.0. The Balaban J connectivity index is 1.03. The zero-order valence-corrected chi connectivity index (χ0v) is 33.3. The van der Waals surface area contributed by atoms with Crippen molar-refractivity contribution in [3.8, 4) is 22.6 Å². The highest BCUT2D eigenvalue weighted by Gasteiger charge is 2.51. The van der Waals surface area contributed by atoms with Gasteiger partial charge in [0.1, 0.15) is 11.5 Å². The van der Waals surface area contributed by atoms with Crippen molar-refractivity contribution in [2.45, 2.75) is 17.8 Å². The van der Waals surface area contributed by atoms with Crippen LogP contribution in [0.15, 0.2) is 206 Å². The van der Waals surface area contributed by atoms with E-state index in [1.54, 1.807) is 0 Å². The van der Waals surface area contributed by atoms with Gasteiger partial charge in [0.15, 0.2) is 0 Å². The zero-order chi connectivity index (χ0) is 39.8. The number of hydrogen-bond donors (Lipinski definition) is 0. The summed E-state index contributed by atoms with van der Waals surface area (Å²) in [5.74, 6) is 1.95. The van der Waals surface area contributed by atoms with Crippen LogP contribution in [-0.2, 0) is 11.8 Å². The van der Waals surface area contributed by atoms with E-state index in [0.717, 1.165) is 17.9 Å². The van der Waals surface area contributed by atoms with Crippen molar-refractivity contribution < 1.29 is 4.74 Å². The Hall–Kier alpha value is -7.68. The molecule has 1 aliphatic carbocycles. The second kappa shape index (κ2) is 12.2. The van der Waals surface area contributed by atoms with Crippen LogP contribution in [0.5, 0.6) is 11.5 Å². The van der Waals surface area contributed by atoms with Crippen molar-refractivity contribution in [1.82, 2.24) is 4.40 Å². The van der Waals surface area contributed by atoms with E-state index in [9.17, 15) is 0 Å². The molecular weight excluding hydrogens is 739 g/mol. The molecule has 284 valence electrons. The van der Waals surface area contributed by atoms with Gasteiger partial charge in [-0.3, -0.25) is 0 Å². The fourth-order valence-corrected chi connectivity index (χ4v) is 11.7. The summed E-state index contributed by atoms with van der Waals surface area (Å²) in [5.41, 5.74) is 14.8. The van der Waals surface area contributed by atoms with E-state index in [0.29, 0.717) is 0 Å². The molecule has 1 spiro atoms. The highest BCUT2D eigenvalue weighted by Crippen LogP contribution is 2.62. The van der Waals surface area contributed by atoms with Gasteiger partial charge in [0.2, 0.25) is 0 Å². The molecule has 12 aromatic rings. The van der Waals surface area contributed by atoms with E-state index in [1.807, 2.05) is 0 Å². The van der Waals surface area contributed by atoms with Gasteiger partial charge in [0.05, 0.1) is 22.0 Å². The van der Waals surface area contributed by atoms with Gasteiger partial charge in [-0.2, -0.15) is 0 Å². The lowest BCUT2D eigenvalue weighted by Gasteiger charge is -2.39. The first-order valence-corrected chi connectivity index (χ1v) is 21.4. The highest BCUT2D eigenvalue weighted by molar-refractivity contribution is 6.32. The van der Waals surface area contributed by atoms with Crippen LogP contribution in [-0.4, -0.2) is 4.40 Å². The van der Waals surface area contributed by atoms with Gasteiger partial charge in [0.25, 0.3) is 0 Å². The molecule has 1 atom stereocenters. The zero-order valence-electron chi connectivity index (χ0n) is 33.3. The first-order valence-electron chi connectivity index (χ1n) is 21.4. The van der Waals surface area contributed by atoms with Crippen molar-refractivity contribution in [1.29, 1.82) is 0 Å². The van der Waals surface area contributed by atoms with E-state index >= 15 is 0 Å². The molecule has 0 amide bonds. The summed E-state index contributed by atoms with van der Waals surface area (Å²) in [7, 11) is 0. The van der Waals surface area contributed by atoms with Crippen molar-refractivity contribution in [3.05, 3.63) is 245 Å². The molecule has 0 saturated carbocycles. The minimum absolute atomic E-state index is 0.113. The topological polar surface area (TPSA) is 13.6 Å². The van der Waals surface area contributed by atoms with Crippen LogP contribution in [0.25, 0.3) is 70.8 Å². The minimum Gasteiger partial charge on any atom is -0.457 e. The van der Waals surface area contributed by atoms with Gasteiger partial charge in [-0.05, 0) is 97.2 Å². The molecule has 0 radical (unpaired) electrons. The Morgan fingerprint density at radius 1 is 0.410 bits per heavy atom. The Labute approximate surface area is 352 Å². The Kier molecular flexibility index (Phi) is 6.63. The standard InChI is InChI=1S/C59H37NO/c1-2-13-36(14-3-1)33-45(39-28-31-49-46(34-39)41-16-4-6-19-48(41)59(49)50-20-7-10-23-54(50)61-55-24-11-8-21-51(55)59)40-29-32-53-47(35-40)44-30-27-38-26-25-37-15-12-18-43-42-17-5-9-22-52(42)60(53)58(44)57(38)56(37)43/h1-32,34-35,45H,33H2. The number of aromatic nitrogens is 1. The van der Waals surface area contributed by atoms with E-state index in [1.165, 1.54) is 110 Å². The minimum atomic E-state index is -0.486. The van der Waals surface area contributed by atoms with Crippen LogP contribution >= 0.6 is 0 Å². The second-order valence-corrected chi connectivity index (χ2v) is 17.1. The Bertz CT molecular complexity index is 3730. The van der Waals surface area contributed by atoms with Crippen molar-refractivity contribution in [2.75, 3.05) is 0 Å². The number of rotatable bonds is 4. The van der Waals surface area contributed by atoms with Crippen LogP contribution in [0.1, 0.15) is 44.9 Å². The lowest BCUT2D eigenvalue weighted by atomic mass is 9.66. The fourth-order valence-electron chi connectivity index (χ4n) is 11.7. The SMILES string of the molecule is c1ccc(CC(c2ccc3c(c2)-c2ccccc2C32c3ccccc3Oc3ccccc32)c2ccc3c(c2)c2ccc4ccc5cccc6c7ccccc7n3c2c4c56)cc1. The molecule has 2 aromatic heterocycles. The van der Waals surface area contributed by atoms with Crippen LogP contribution < -0.4 is 4.74 Å². The number of benzene rings is 10. The van der Waals surface area contributed by atoms with E-state index < -0.39 is 5.41 Å². The van der Waals surface area contributed by atoms with Crippen LogP contribution in [0.4, 0.5) is 0 Å². The van der Waals surface area contributed by atoms with Crippen LogP contribution in [0.3, 0.4) is 0 Å². The summed E-state index contributed by atoms with van der Waals surface area (Å²) in [6.07, 6.45) is 0.885. The normalized spacial score (nSPS) is 14.2. The summed E-state index contributed by atoms with van der Waals surface area (Å²) >= 11 is 0. The maximum Gasteiger partial charge on any atom is 0.132 e. The first kappa shape index (κ1) is 33.2. The average molecular weight is 776 g/mol. The Morgan fingerprint density at radius 2 is 1.03 bits per heavy atom. The molecule has 0 bridgehead atoms. The quantitative estimate of drug-likeness (QED) is 0.162. The maximum atomic E-state index is 6.62. The lowest BCUT2D eigenvalue weighted by molar-refractivity contribution is 0.436. The summed E-state index contributed by atoms with van der Waals surface area (Å²) in [6, 6.07) is 77.0. The van der Waals surface area contributed by atoms with Crippen molar-refractivity contribution in [2.24, 2.45) is 0 Å². The van der Waals surface area contributed by atoms with Gasteiger partial charge in [-0.25, -0.2) is 0 Å². The van der Waals surface area contributed by atoms with Crippen LogP contribution in [0, 0.1) is 0 Å². The number of nitrogens with zero attached hydrogens (tertiary/aromatic N) is 1. The summed E-state index contributed by atoms with van der Waals surface area (Å²) in [5, 5.41) is 10.4. The second-order valence-electron chi connectivity index (χ2n) is 17.1. The molecule has 2 heteroatoms. The lowest BCUT2D eigenvalue weighted by Crippen LogP contribution is -2.32. The number of para-hydroxylation sites is 3. The van der Waals surface area contributed by atoms with Gasteiger partial charge < -0.3 is 9.14 Å². The molecule has 0 saturated heterocycles. The molecule has 10 aromatic carbocycles. The number of fused-ring (bicyclic) bond motifs is 15. The monoisotopic (exact) mass is 775 g/mol. The molecule has 14 rings (SSSR count). The van der Waals surface area contributed by atoms with E-state index in [2.05, 4.69) is 211 Å². The summed E-state index contributed by atoms with van der Waals surface area (Å²) in [4.78, 5) is 0. The van der Waals surface area contributed by atoms with Crippen LogP contribution in [0.2, 0.25) is 0 Å². The predicted molar refractivity (Wildman–Crippen MR) is 252 cm³/mol. The molecule has 0 N–H and O–H groups in total. The highest BCUT2D eigenvalue weighted by atomic mass is 16.5. The molecule has 3 heterocycles. The molecule has 0 fully saturated rings. The molecular formula is C59H37NO. The molecule has 1 aliphatic heterocycles. The smallest absolute Gasteiger partial charge is 0.132 e. The third kappa shape index (κ3) is 4.36. The van der Waals surface area contributed by atoms with Crippen molar-refractivity contribution in [3.63, 3.8) is 0 Å². The van der Waals surface area contributed by atoms with Gasteiger partial charge in [-0.15, -0.1) is 0 Å². The Morgan fingerprint density at radius 3 is 1.87 bits per heavy atom. The number of hydrogen-bond acceptors (Lipinski definition) is 1. The van der Waals surface area contributed by atoms with Gasteiger partial charge >= 0.3 is 0 Å². The summed E-state index contributed by atoms with van der Waals surface area (Å²) < 4.78 is 9.17. The largest absolute Gasteiger partial charge is 0.457 e. The maximum absolute atomic E-state index is 6.62. The molecule has 1 unspecified atom stereocenters. The van der Waals surface area contributed by atoms with Gasteiger partial charge in [0, 0.05) is 38.6 Å². The van der Waals surface area contributed by atoms with E-state index in [4.69, 9.17) is 4.74 Å². The summed E-state index contributed by atoms with van der Waals surface area (Å²) in [6.45, 7) is 0. The fraction of sp³-hybridized carbons (Fsp3) is 0.0508. The van der Waals surface area contributed by atoms with Gasteiger partial charge in [-0.1, -0.05) is 176 Å². The first-order chi connectivity index (χ1) is 30.3. The van der Waals surface area contributed by atoms with Crippen molar-refractivity contribution >= 4 is 59.6 Å². The number of ether oxygens (including phenoxy) is 1. The third-order valence-corrected chi connectivity index (χ3v) is 14.2. The van der Waals surface area contributed by atoms with E-state index in [-0.39, 0.29) is 5.92 Å². The molecule has 61 heavy (non-hydrogen) atoms. The third-order valence-electron chi connectivity index (χ3n) is 14.2. The molecule has 2 nitrogen and oxygen atoms in total. The average Bonchev–Trinajstić information content (AvgIpc) is 3.76.